The van der Waals surface area contributed by atoms with Crippen molar-refractivity contribution in [3.8, 4) is 0 Å². The molecule has 104 valence electrons. The molecule has 1 N–H and O–H groups in total. The van der Waals surface area contributed by atoms with Crippen LogP contribution in [0.4, 0.5) is 10.1 Å². The molecule has 3 nitrogen and oxygen atoms in total. The van der Waals surface area contributed by atoms with Crippen molar-refractivity contribution in [3.05, 3.63) is 28.0 Å². The molecule has 1 aliphatic rings. The van der Waals surface area contributed by atoms with Gasteiger partial charge >= 0.3 is 5.97 Å². The van der Waals surface area contributed by atoms with Crippen molar-refractivity contribution in [3.63, 3.8) is 0 Å². The molecule has 0 radical (unpaired) electrons. The van der Waals surface area contributed by atoms with Crippen molar-refractivity contribution in [1.29, 1.82) is 0 Å². The Bertz CT molecular complexity index is 487. The van der Waals surface area contributed by atoms with Gasteiger partial charge in [-0.25, -0.2) is 9.18 Å². The topological polar surface area (TPSA) is 40.5 Å². The summed E-state index contributed by atoms with van der Waals surface area (Å²) in [5.74, 6) is -1.60. The maximum Gasteiger partial charge on any atom is 0.336 e. The number of benzene rings is 1. The van der Waals surface area contributed by atoms with Gasteiger partial charge in [0.15, 0.2) is 5.82 Å². The van der Waals surface area contributed by atoms with Crippen LogP contribution in [0.5, 0.6) is 0 Å². The summed E-state index contributed by atoms with van der Waals surface area (Å²) in [5, 5.41) is 8.98. The third-order valence-electron chi connectivity index (χ3n) is 3.71. The Hall–Kier alpha value is -1.10. The van der Waals surface area contributed by atoms with E-state index in [2.05, 4.69) is 15.9 Å². The molecule has 1 saturated carbocycles. The van der Waals surface area contributed by atoms with Crippen molar-refractivity contribution < 1.29 is 14.3 Å². The lowest BCUT2D eigenvalue weighted by Gasteiger charge is -2.30. The van der Waals surface area contributed by atoms with Crippen molar-refractivity contribution >= 4 is 27.6 Å². The number of rotatable bonds is 4. The number of nitrogens with zero attached hydrogens (tertiary/aromatic N) is 1. The molecule has 0 bridgehead atoms. The van der Waals surface area contributed by atoms with Gasteiger partial charge in [-0.3, -0.25) is 0 Å². The SMILES string of the molecule is CCN(c1ccc(C(=O)O)c(Br)c1F)C1CCCC1. The Kier molecular flexibility index (Phi) is 4.45. The summed E-state index contributed by atoms with van der Waals surface area (Å²) in [4.78, 5) is 13.0. The third kappa shape index (κ3) is 2.76. The summed E-state index contributed by atoms with van der Waals surface area (Å²) in [6, 6.07) is 3.40. The van der Waals surface area contributed by atoms with Gasteiger partial charge in [0, 0.05) is 12.6 Å². The van der Waals surface area contributed by atoms with Gasteiger partial charge in [-0.2, -0.15) is 0 Å². The minimum absolute atomic E-state index is 0.0361. The molecule has 1 aliphatic carbocycles. The lowest BCUT2D eigenvalue weighted by atomic mass is 10.1. The van der Waals surface area contributed by atoms with Gasteiger partial charge in [0.05, 0.1) is 15.7 Å². The molecule has 1 aromatic carbocycles. The highest BCUT2D eigenvalue weighted by molar-refractivity contribution is 9.10. The Labute approximate surface area is 120 Å². The molecule has 1 aromatic rings. The van der Waals surface area contributed by atoms with E-state index in [1.807, 2.05) is 11.8 Å². The van der Waals surface area contributed by atoms with E-state index in [0.717, 1.165) is 19.4 Å². The molecular formula is C14H17BrFNO2. The normalized spacial score (nSPS) is 15.7. The Morgan fingerprint density at radius 3 is 2.63 bits per heavy atom. The zero-order chi connectivity index (χ0) is 14.0. The minimum Gasteiger partial charge on any atom is -0.478 e. The largest absolute Gasteiger partial charge is 0.478 e. The van der Waals surface area contributed by atoms with E-state index in [1.165, 1.54) is 18.9 Å². The van der Waals surface area contributed by atoms with Gasteiger partial charge in [-0.15, -0.1) is 0 Å². The highest BCUT2D eigenvalue weighted by atomic mass is 79.9. The van der Waals surface area contributed by atoms with E-state index in [0.29, 0.717) is 11.7 Å². The van der Waals surface area contributed by atoms with Gasteiger partial charge in [0.2, 0.25) is 0 Å². The third-order valence-corrected chi connectivity index (χ3v) is 4.48. The molecule has 0 spiro atoms. The molecule has 0 aromatic heterocycles. The fourth-order valence-electron chi connectivity index (χ4n) is 2.77. The van der Waals surface area contributed by atoms with Crippen LogP contribution in [0.3, 0.4) is 0 Å². The van der Waals surface area contributed by atoms with Crippen LogP contribution in [0.1, 0.15) is 43.0 Å². The first-order valence-corrected chi connectivity index (χ1v) is 7.33. The van der Waals surface area contributed by atoms with Crippen LogP contribution in [0, 0.1) is 5.82 Å². The number of hydrogen-bond donors (Lipinski definition) is 1. The number of hydrogen-bond acceptors (Lipinski definition) is 2. The second-order valence-corrected chi connectivity index (χ2v) is 5.58. The lowest BCUT2D eigenvalue weighted by molar-refractivity contribution is 0.0695. The second-order valence-electron chi connectivity index (χ2n) is 4.79. The number of aromatic carboxylic acids is 1. The van der Waals surface area contributed by atoms with Crippen LogP contribution in [-0.4, -0.2) is 23.7 Å². The van der Waals surface area contributed by atoms with E-state index in [1.54, 1.807) is 6.07 Å². The first kappa shape index (κ1) is 14.3. The molecule has 0 heterocycles. The maximum absolute atomic E-state index is 14.4. The van der Waals surface area contributed by atoms with E-state index >= 15 is 0 Å². The Morgan fingerprint density at radius 2 is 2.11 bits per heavy atom. The van der Waals surface area contributed by atoms with Gasteiger partial charge in [0.25, 0.3) is 0 Å². The van der Waals surface area contributed by atoms with Crippen LogP contribution >= 0.6 is 15.9 Å². The van der Waals surface area contributed by atoms with Crippen molar-refractivity contribution in [2.75, 3.05) is 11.4 Å². The second kappa shape index (κ2) is 5.90. The fourth-order valence-corrected chi connectivity index (χ4v) is 3.27. The molecule has 0 aliphatic heterocycles. The molecule has 0 amide bonds. The Balaban J connectivity index is 2.38. The highest BCUT2D eigenvalue weighted by Gasteiger charge is 2.25. The van der Waals surface area contributed by atoms with Crippen LogP contribution in [-0.2, 0) is 0 Å². The summed E-state index contributed by atoms with van der Waals surface area (Å²) in [6.07, 6.45) is 4.51. The van der Waals surface area contributed by atoms with E-state index in [-0.39, 0.29) is 10.0 Å². The molecule has 0 atom stereocenters. The van der Waals surface area contributed by atoms with E-state index < -0.39 is 11.8 Å². The first-order chi connectivity index (χ1) is 9.06. The van der Waals surface area contributed by atoms with Crippen molar-refractivity contribution in [2.24, 2.45) is 0 Å². The van der Waals surface area contributed by atoms with Crippen LogP contribution < -0.4 is 4.90 Å². The number of carbonyl (C=O) groups is 1. The summed E-state index contributed by atoms with van der Waals surface area (Å²) >= 11 is 3.06. The molecule has 0 saturated heterocycles. The first-order valence-electron chi connectivity index (χ1n) is 6.54. The van der Waals surface area contributed by atoms with Crippen LogP contribution in [0.25, 0.3) is 0 Å². The van der Waals surface area contributed by atoms with Gasteiger partial charge in [0.1, 0.15) is 0 Å². The zero-order valence-corrected chi connectivity index (χ0v) is 12.4. The van der Waals surface area contributed by atoms with E-state index in [9.17, 15) is 9.18 Å². The average Bonchev–Trinajstić information content (AvgIpc) is 2.89. The zero-order valence-electron chi connectivity index (χ0n) is 10.8. The van der Waals surface area contributed by atoms with Crippen molar-refractivity contribution in [2.45, 2.75) is 38.6 Å². The van der Waals surface area contributed by atoms with Gasteiger partial charge in [-0.1, -0.05) is 12.8 Å². The highest BCUT2D eigenvalue weighted by Crippen LogP contribution is 2.34. The summed E-state index contributed by atoms with van der Waals surface area (Å²) in [7, 11) is 0. The van der Waals surface area contributed by atoms with Crippen LogP contribution in [0.2, 0.25) is 0 Å². The maximum atomic E-state index is 14.4. The average molecular weight is 330 g/mol. The molecule has 2 rings (SSSR count). The summed E-state index contributed by atoms with van der Waals surface area (Å²) in [6.45, 7) is 2.72. The fraction of sp³-hybridized carbons (Fsp3) is 0.500. The van der Waals surface area contributed by atoms with Crippen LogP contribution in [0.15, 0.2) is 16.6 Å². The summed E-state index contributed by atoms with van der Waals surface area (Å²) < 4.78 is 14.4. The number of halogens is 2. The number of carboxylic acids is 1. The van der Waals surface area contributed by atoms with Gasteiger partial charge < -0.3 is 10.0 Å². The standard InChI is InChI=1S/C14H17BrFNO2/c1-2-17(9-5-3-4-6-9)11-8-7-10(14(18)19)12(15)13(11)16/h7-9H,2-6H2,1H3,(H,18,19). The monoisotopic (exact) mass is 329 g/mol. The molecular weight excluding hydrogens is 313 g/mol. The summed E-state index contributed by atoms with van der Waals surface area (Å²) in [5.41, 5.74) is 0.454. The quantitative estimate of drug-likeness (QED) is 0.905. The van der Waals surface area contributed by atoms with Gasteiger partial charge in [-0.05, 0) is 47.8 Å². The molecule has 5 heteroatoms. The molecule has 0 unspecified atom stereocenters. The molecule has 1 fully saturated rings. The lowest BCUT2D eigenvalue weighted by Crippen LogP contribution is -2.33. The Morgan fingerprint density at radius 1 is 1.47 bits per heavy atom. The number of anilines is 1. The minimum atomic E-state index is -1.12. The van der Waals surface area contributed by atoms with E-state index in [4.69, 9.17) is 5.11 Å². The molecule has 19 heavy (non-hydrogen) atoms. The smallest absolute Gasteiger partial charge is 0.336 e. The predicted molar refractivity (Wildman–Crippen MR) is 76.3 cm³/mol. The van der Waals surface area contributed by atoms with Crippen molar-refractivity contribution in [1.82, 2.24) is 0 Å². The predicted octanol–water partition coefficient (Wildman–Crippen LogP) is 4.06. The number of carboxylic acid groups (broad SMARTS) is 1.